The van der Waals surface area contributed by atoms with Crippen LogP contribution in [0.25, 0.3) is 0 Å². The zero-order valence-electron chi connectivity index (χ0n) is 11.4. The molecule has 0 amide bonds. The van der Waals surface area contributed by atoms with Gasteiger partial charge in [-0.2, -0.15) is 5.26 Å². The average molecular weight is 301 g/mol. The van der Waals surface area contributed by atoms with Gasteiger partial charge in [0.2, 0.25) is 0 Å². The number of para-hydroxylation sites is 1. The Hall–Kier alpha value is -2.51. The van der Waals surface area contributed by atoms with Crippen LogP contribution in [0.5, 0.6) is 0 Å². The molecular weight excluding hydrogens is 288 g/mol. The summed E-state index contributed by atoms with van der Waals surface area (Å²) in [7, 11) is 0. The highest BCUT2D eigenvalue weighted by atomic mass is 35.5. The second-order valence-electron chi connectivity index (χ2n) is 4.32. The van der Waals surface area contributed by atoms with E-state index in [1.807, 2.05) is 25.1 Å². The third kappa shape index (κ3) is 3.53. The topological polar surface area (TPSA) is 62.1 Å². The van der Waals surface area contributed by atoms with Crippen molar-refractivity contribution in [2.24, 2.45) is 0 Å². The quantitative estimate of drug-likeness (QED) is 0.864. The highest BCUT2D eigenvalue weighted by molar-refractivity contribution is 6.31. The van der Waals surface area contributed by atoms with Crippen molar-refractivity contribution in [2.75, 3.05) is 11.9 Å². The highest BCUT2D eigenvalue weighted by Gasteiger charge is 2.13. The van der Waals surface area contributed by atoms with Crippen molar-refractivity contribution in [3.63, 3.8) is 0 Å². The summed E-state index contributed by atoms with van der Waals surface area (Å²) in [4.78, 5) is 11.9. The molecule has 0 aliphatic heterocycles. The van der Waals surface area contributed by atoms with Crippen LogP contribution in [0.1, 0.15) is 15.9 Å². The van der Waals surface area contributed by atoms with Gasteiger partial charge in [0.15, 0.2) is 6.61 Å². The number of rotatable bonds is 4. The van der Waals surface area contributed by atoms with E-state index in [4.69, 9.17) is 21.6 Å². The van der Waals surface area contributed by atoms with E-state index in [1.165, 1.54) is 0 Å². The molecule has 0 spiro atoms. The molecule has 0 unspecified atom stereocenters. The molecule has 5 heteroatoms. The third-order valence-corrected chi connectivity index (χ3v) is 3.36. The molecule has 2 aromatic carbocycles. The molecule has 0 bridgehead atoms. The minimum atomic E-state index is -0.542. The lowest BCUT2D eigenvalue weighted by molar-refractivity contribution is 0.0556. The minimum absolute atomic E-state index is 0.274. The van der Waals surface area contributed by atoms with Gasteiger partial charge in [0.05, 0.1) is 11.3 Å². The summed E-state index contributed by atoms with van der Waals surface area (Å²) < 4.78 is 4.84. The van der Waals surface area contributed by atoms with Crippen LogP contribution in [0.2, 0.25) is 5.02 Å². The molecule has 0 atom stereocenters. The first-order valence-corrected chi connectivity index (χ1v) is 6.66. The van der Waals surface area contributed by atoms with Gasteiger partial charge in [0, 0.05) is 10.7 Å². The van der Waals surface area contributed by atoms with E-state index in [1.54, 1.807) is 30.3 Å². The lowest BCUT2D eigenvalue weighted by Crippen LogP contribution is -2.08. The lowest BCUT2D eigenvalue weighted by Gasteiger charge is -2.13. The number of esters is 1. The maximum Gasteiger partial charge on any atom is 0.341 e. The van der Waals surface area contributed by atoms with Crippen LogP contribution in [0.3, 0.4) is 0 Å². The fraction of sp³-hybridized carbons (Fsp3) is 0.125. The minimum Gasteiger partial charge on any atom is -0.447 e. The van der Waals surface area contributed by atoms with Gasteiger partial charge >= 0.3 is 5.97 Å². The summed E-state index contributed by atoms with van der Waals surface area (Å²) in [5.74, 6) is -0.542. The molecule has 0 saturated carbocycles. The number of nitrogens with zero attached hydrogens (tertiary/aromatic N) is 1. The maximum atomic E-state index is 11.9. The van der Waals surface area contributed by atoms with Crippen molar-refractivity contribution in [3.8, 4) is 6.07 Å². The Morgan fingerprint density at radius 1 is 1.24 bits per heavy atom. The van der Waals surface area contributed by atoms with E-state index < -0.39 is 5.97 Å². The molecule has 0 saturated heterocycles. The maximum absolute atomic E-state index is 11.9. The lowest BCUT2D eigenvalue weighted by atomic mass is 10.1. The van der Waals surface area contributed by atoms with Crippen LogP contribution >= 0.6 is 11.6 Å². The fourth-order valence-electron chi connectivity index (χ4n) is 1.83. The molecular formula is C16H13ClN2O2. The number of ether oxygens (including phenoxy) is 1. The number of hydrogen-bond donors (Lipinski definition) is 1. The van der Waals surface area contributed by atoms with Gasteiger partial charge in [-0.1, -0.05) is 29.8 Å². The van der Waals surface area contributed by atoms with Gasteiger partial charge in [0.25, 0.3) is 0 Å². The molecule has 4 nitrogen and oxygen atoms in total. The number of nitrogens with one attached hydrogen (secondary N) is 1. The summed E-state index contributed by atoms with van der Waals surface area (Å²) in [6.07, 6.45) is 0. The average Bonchev–Trinajstić information content (AvgIpc) is 2.50. The van der Waals surface area contributed by atoms with Crippen LogP contribution in [-0.4, -0.2) is 12.6 Å². The van der Waals surface area contributed by atoms with Crippen molar-refractivity contribution < 1.29 is 9.53 Å². The molecule has 0 aromatic heterocycles. The van der Waals surface area contributed by atoms with Crippen LogP contribution in [0.4, 0.5) is 11.4 Å². The Balaban J connectivity index is 2.31. The van der Waals surface area contributed by atoms with Gasteiger partial charge in [-0.15, -0.1) is 0 Å². The second-order valence-corrected chi connectivity index (χ2v) is 4.72. The Morgan fingerprint density at radius 3 is 2.71 bits per heavy atom. The summed E-state index contributed by atoms with van der Waals surface area (Å²) >= 11 is 6.08. The predicted molar refractivity (Wildman–Crippen MR) is 81.8 cm³/mol. The predicted octanol–water partition coefficient (Wildman–Crippen LogP) is 4.07. The molecule has 1 N–H and O–H groups in total. The second kappa shape index (κ2) is 6.78. The van der Waals surface area contributed by atoms with Crippen molar-refractivity contribution in [2.45, 2.75) is 6.92 Å². The van der Waals surface area contributed by atoms with Crippen LogP contribution in [-0.2, 0) is 4.74 Å². The van der Waals surface area contributed by atoms with E-state index >= 15 is 0 Å². The van der Waals surface area contributed by atoms with Crippen molar-refractivity contribution in [1.29, 1.82) is 5.26 Å². The number of hydrogen-bond acceptors (Lipinski definition) is 4. The van der Waals surface area contributed by atoms with Gasteiger partial charge in [-0.25, -0.2) is 4.79 Å². The molecule has 0 radical (unpaired) electrons. The Labute approximate surface area is 127 Å². The van der Waals surface area contributed by atoms with Crippen LogP contribution < -0.4 is 5.32 Å². The fourth-order valence-corrected chi connectivity index (χ4v) is 2.01. The number of nitriles is 1. The van der Waals surface area contributed by atoms with Gasteiger partial charge in [-0.3, -0.25) is 0 Å². The summed E-state index contributed by atoms with van der Waals surface area (Å²) in [5, 5.41) is 12.3. The summed E-state index contributed by atoms with van der Waals surface area (Å²) in [5.41, 5.74) is 2.67. The Morgan fingerprint density at radius 2 is 1.95 bits per heavy atom. The van der Waals surface area contributed by atoms with Crippen molar-refractivity contribution in [3.05, 3.63) is 58.6 Å². The molecule has 0 aliphatic rings. The summed E-state index contributed by atoms with van der Waals surface area (Å²) in [6.45, 7) is 1.62. The largest absolute Gasteiger partial charge is 0.447 e. The highest BCUT2D eigenvalue weighted by Crippen LogP contribution is 2.28. The molecule has 106 valence electrons. The first kappa shape index (κ1) is 14.9. The number of anilines is 2. The first-order chi connectivity index (χ1) is 10.1. The van der Waals surface area contributed by atoms with E-state index in [0.717, 1.165) is 11.3 Å². The standard InChI is InChI=1S/C16H13ClN2O2/c1-11-13(17)6-4-8-14(11)19-15-7-3-2-5-12(15)16(20)21-10-9-18/h2-8,19H,10H2,1H3. The number of benzene rings is 2. The molecule has 0 aliphatic carbocycles. The Kier molecular flexibility index (Phi) is 4.81. The van der Waals surface area contributed by atoms with Gasteiger partial charge in [-0.05, 0) is 36.8 Å². The van der Waals surface area contributed by atoms with Gasteiger partial charge < -0.3 is 10.1 Å². The van der Waals surface area contributed by atoms with Crippen molar-refractivity contribution >= 4 is 28.9 Å². The normalized spacial score (nSPS) is 9.76. The zero-order valence-corrected chi connectivity index (χ0v) is 12.1. The van der Waals surface area contributed by atoms with E-state index in [-0.39, 0.29) is 6.61 Å². The molecule has 0 heterocycles. The molecule has 21 heavy (non-hydrogen) atoms. The van der Waals surface area contributed by atoms with E-state index in [2.05, 4.69) is 5.32 Å². The molecule has 2 aromatic rings. The smallest absolute Gasteiger partial charge is 0.341 e. The van der Waals surface area contributed by atoms with Crippen LogP contribution in [0, 0.1) is 18.3 Å². The zero-order chi connectivity index (χ0) is 15.2. The SMILES string of the molecule is Cc1c(Cl)cccc1Nc1ccccc1C(=O)OCC#N. The van der Waals surface area contributed by atoms with E-state index in [9.17, 15) is 4.79 Å². The number of carbonyl (C=O) groups is 1. The van der Waals surface area contributed by atoms with Crippen LogP contribution in [0.15, 0.2) is 42.5 Å². The monoisotopic (exact) mass is 300 g/mol. The first-order valence-electron chi connectivity index (χ1n) is 6.28. The summed E-state index contributed by atoms with van der Waals surface area (Å²) in [6, 6.07) is 14.2. The van der Waals surface area contributed by atoms with Gasteiger partial charge in [0.1, 0.15) is 6.07 Å². The van der Waals surface area contributed by atoms with Crippen molar-refractivity contribution in [1.82, 2.24) is 0 Å². The third-order valence-electron chi connectivity index (χ3n) is 2.95. The molecule has 2 rings (SSSR count). The van der Waals surface area contributed by atoms with E-state index in [0.29, 0.717) is 16.3 Å². The molecule has 0 fully saturated rings. The number of halogens is 1. The number of carbonyl (C=O) groups excluding carboxylic acids is 1. The Bertz CT molecular complexity index is 708.